The van der Waals surface area contributed by atoms with E-state index in [2.05, 4.69) is 21.3 Å². The van der Waals surface area contributed by atoms with Crippen molar-refractivity contribution < 1.29 is 14.4 Å². The Morgan fingerprint density at radius 2 is 1.62 bits per heavy atom. The van der Waals surface area contributed by atoms with Gasteiger partial charge in [-0.25, -0.2) is 4.79 Å². The van der Waals surface area contributed by atoms with Crippen molar-refractivity contribution in [3.8, 4) is 0 Å². The molecule has 0 aliphatic heterocycles. The zero-order chi connectivity index (χ0) is 18.1. The first kappa shape index (κ1) is 19.5. The van der Waals surface area contributed by atoms with Crippen LogP contribution >= 0.6 is 0 Å². The highest BCUT2D eigenvalue weighted by Crippen LogP contribution is 2.09. The Morgan fingerprint density at radius 3 is 2.17 bits per heavy atom. The molecule has 4 N–H and O–H groups in total. The average Bonchev–Trinajstić information content (AvgIpc) is 2.53. The van der Waals surface area contributed by atoms with E-state index < -0.39 is 12.1 Å². The number of urea groups is 1. The lowest BCUT2D eigenvalue weighted by atomic mass is 10.1. The van der Waals surface area contributed by atoms with Crippen LogP contribution in [0.5, 0.6) is 0 Å². The molecule has 1 atom stereocenters. The molecule has 0 fully saturated rings. The van der Waals surface area contributed by atoms with Crippen LogP contribution in [0.2, 0.25) is 0 Å². The number of likely N-dealkylation sites (N-methyl/N-ethyl adjacent to an activating group) is 1. The SMILES string of the molecule is CCNC(=O)[C@H](C)NC(=O)Nc1ccc(C(=O)NCC(C)C)cc1. The molecule has 7 heteroatoms. The first-order chi connectivity index (χ1) is 11.3. The Balaban J connectivity index is 2.53. The third-order valence-electron chi connectivity index (χ3n) is 3.17. The van der Waals surface area contributed by atoms with E-state index in [-0.39, 0.29) is 11.8 Å². The number of carbonyl (C=O) groups excluding carboxylic acids is 3. The molecule has 0 saturated carbocycles. The van der Waals surface area contributed by atoms with Crippen molar-refractivity contribution in [3.63, 3.8) is 0 Å². The van der Waals surface area contributed by atoms with Gasteiger partial charge < -0.3 is 21.3 Å². The molecule has 0 aliphatic rings. The summed E-state index contributed by atoms with van der Waals surface area (Å²) in [7, 11) is 0. The van der Waals surface area contributed by atoms with Gasteiger partial charge in [0.25, 0.3) is 5.91 Å². The lowest BCUT2D eigenvalue weighted by molar-refractivity contribution is -0.122. The van der Waals surface area contributed by atoms with Crippen LogP contribution in [0.15, 0.2) is 24.3 Å². The largest absolute Gasteiger partial charge is 0.355 e. The van der Waals surface area contributed by atoms with Crippen LogP contribution < -0.4 is 21.3 Å². The van der Waals surface area contributed by atoms with Crippen LogP contribution in [0.1, 0.15) is 38.1 Å². The number of hydrogen-bond acceptors (Lipinski definition) is 3. The molecular weight excluding hydrogens is 308 g/mol. The van der Waals surface area contributed by atoms with Gasteiger partial charge in [0.15, 0.2) is 0 Å². The molecule has 24 heavy (non-hydrogen) atoms. The van der Waals surface area contributed by atoms with Crippen molar-refractivity contribution in [1.82, 2.24) is 16.0 Å². The lowest BCUT2D eigenvalue weighted by Gasteiger charge is -2.14. The topological polar surface area (TPSA) is 99.3 Å². The van der Waals surface area contributed by atoms with E-state index >= 15 is 0 Å². The zero-order valence-corrected chi connectivity index (χ0v) is 14.6. The van der Waals surface area contributed by atoms with Gasteiger partial charge in [0.05, 0.1) is 0 Å². The molecule has 0 bridgehead atoms. The van der Waals surface area contributed by atoms with Crippen molar-refractivity contribution in [3.05, 3.63) is 29.8 Å². The second kappa shape index (κ2) is 9.54. The predicted molar refractivity (Wildman–Crippen MR) is 93.9 cm³/mol. The fourth-order valence-corrected chi connectivity index (χ4v) is 1.86. The van der Waals surface area contributed by atoms with Crippen LogP contribution in [0.3, 0.4) is 0 Å². The molecule has 0 spiro atoms. The molecule has 1 aromatic carbocycles. The summed E-state index contributed by atoms with van der Waals surface area (Å²) in [4.78, 5) is 35.3. The Bertz CT molecular complexity index is 570. The monoisotopic (exact) mass is 334 g/mol. The Morgan fingerprint density at radius 1 is 1.00 bits per heavy atom. The molecule has 1 rings (SSSR count). The molecule has 7 nitrogen and oxygen atoms in total. The van der Waals surface area contributed by atoms with Crippen molar-refractivity contribution in [2.75, 3.05) is 18.4 Å². The summed E-state index contributed by atoms with van der Waals surface area (Å²) >= 11 is 0. The van der Waals surface area contributed by atoms with Crippen molar-refractivity contribution in [2.45, 2.75) is 33.7 Å². The summed E-state index contributed by atoms with van der Waals surface area (Å²) in [6.07, 6.45) is 0. The molecule has 0 aromatic heterocycles. The number of nitrogens with one attached hydrogen (secondary N) is 4. The molecule has 0 saturated heterocycles. The van der Waals surface area contributed by atoms with E-state index in [1.807, 2.05) is 20.8 Å². The molecule has 0 heterocycles. The molecule has 0 radical (unpaired) electrons. The van der Waals surface area contributed by atoms with Crippen LogP contribution in [0, 0.1) is 5.92 Å². The number of hydrogen-bond donors (Lipinski definition) is 4. The quantitative estimate of drug-likeness (QED) is 0.611. The standard InChI is InChI=1S/C17H26N4O3/c1-5-18-15(22)12(4)20-17(24)21-14-8-6-13(7-9-14)16(23)19-10-11(2)3/h6-9,11-12H,5,10H2,1-4H3,(H,18,22)(H,19,23)(H2,20,21,24)/t12-/m0/s1. The number of amides is 4. The first-order valence-corrected chi connectivity index (χ1v) is 8.07. The van der Waals surface area contributed by atoms with Gasteiger partial charge in [0, 0.05) is 24.3 Å². The maximum absolute atomic E-state index is 11.9. The molecule has 0 unspecified atom stereocenters. The van der Waals surface area contributed by atoms with Gasteiger partial charge in [0.2, 0.25) is 5.91 Å². The number of benzene rings is 1. The fourth-order valence-electron chi connectivity index (χ4n) is 1.86. The predicted octanol–water partition coefficient (Wildman–Crippen LogP) is 1.72. The Labute approximate surface area is 142 Å². The highest BCUT2D eigenvalue weighted by atomic mass is 16.2. The van der Waals surface area contributed by atoms with E-state index in [0.717, 1.165) is 0 Å². The molecule has 132 valence electrons. The lowest BCUT2D eigenvalue weighted by Crippen LogP contribution is -2.46. The normalized spacial score (nSPS) is 11.5. The minimum atomic E-state index is -0.633. The number of anilines is 1. The third-order valence-corrected chi connectivity index (χ3v) is 3.17. The molecule has 0 aliphatic carbocycles. The van der Waals surface area contributed by atoms with E-state index in [4.69, 9.17) is 0 Å². The van der Waals surface area contributed by atoms with E-state index in [0.29, 0.717) is 30.3 Å². The highest BCUT2D eigenvalue weighted by Gasteiger charge is 2.14. The number of carbonyl (C=O) groups is 3. The van der Waals surface area contributed by atoms with Gasteiger partial charge in [-0.3, -0.25) is 9.59 Å². The van der Waals surface area contributed by atoms with Crippen molar-refractivity contribution >= 4 is 23.5 Å². The van der Waals surface area contributed by atoms with Gasteiger partial charge >= 0.3 is 6.03 Å². The number of rotatable bonds is 7. The second-order valence-corrected chi connectivity index (χ2v) is 5.90. The van der Waals surface area contributed by atoms with Gasteiger partial charge in [-0.15, -0.1) is 0 Å². The van der Waals surface area contributed by atoms with Gasteiger partial charge in [-0.05, 0) is 44.0 Å². The Hall–Kier alpha value is -2.57. The van der Waals surface area contributed by atoms with Crippen LogP contribution in [-0.4, -0.2) is 37.0 Å². The second-order valence-electron chi connectivity index (χ2n) is 5.90. The molecule has 1 aromatic rings. The molecular formula is C17H26N4O3. The summed E-state index contributed by atoms with van der Waals surface area (Å²) in [6, 6.07) is 5.44. The summed E-state index contributed by atoms with van der Waals surface area (Å²) < 4.78 is 0. The summed E-state index contributed by atoms with van der Waals surface area (Å²) in [5, 5.41) is 10.6. The average molecular weight is 334 g/mol. The van der Waals surface area contributed by atoms with Crippen LogP contribution in [0.25, 0.3) is 0 Å². The van der Waals surface area contributed by atoms with Crippen molar-refractivity contribution in [1.29, 1.82) is 0 Å². The first-order valence-electron chi connectivity index (χ1n) is 8.07. The van der Waals surface area contributed by atoms with E-state index in [9.17, 15) is 14.4 Å². The van der Waals surface area contributed by atoms with E-state index in [1.165, 1.54) is 0 Å². The summed E-state index contributed by atoms with van der Waals surface area (Å²) in [5.74, 6) is -0.0140. The maximum atomic E-state index is 11.9. The third kappa shape index (κ3) is 6.68. The van der Waals surface area contributed by atoms with E-state index in [1.54, 1.807) is 31.2 Å². The summed E-state index contributed by atoms with van der Waals surface area (Å²) in [6.45, 7) is 8.57. The fraction of sp³-hybridized carbons (Fsp3) is 0.471. The van der Waals surface area contributed by atoms with Crippen molar-refractivity contribution in [2.24, 2.45) is 5.92 Å². The minimum Gasteiger partial charge on any atom is -0.355 e. The van der Waals surface area contributed by atoms with Crippen LogP contribution in [-0.2, 0) is 4.79 Å². The highest BCUT2D eigenvalue weighted by molar-refractivity contribution is 5.96. The minimum absolute atomic E-state index is 0.149. The van der Waals surface area contributed by atoms with Gasteiger partial charge in [0.1, 0.15) is 6.04 Å². The van der Waals surface area contributed by atoms with Gasteiger partial charge in [-0.1, -0.05) is 13.8 Å². The van der Waals surface area contributed by atoms with Crippen LogP contribution in [0.4, 0.5) is 10.5 Å². The molecule has 4 amide bonds. The summed E-state index contributed by atoms with van der Waals surface area (Å²) in [5.41, 5.74) is 1.06. The van der Waals surface area contributed by atoms with Gasteiger partial charge in [-0.2, -0.15) is 0 Å². The maximum Gasteiger partial charge on any atom is 0.319 e. The smallest absolute Gasteiger partial charge is 0.319 e. The zero-order valence-electron chi connectivity index (χ0n) is 14.6. The Kier molecular flexibility index (Phi) is 7.74.